The van der Waals surface area contributed by atoms with Gasteiger partial charge in [-0.1, -0.05) is 32.4 Å². The molecule has 0 bridgehead atoms. The van der Waals surface area contributed by atoms with Crippen molar-refractivity contribution in [1.82, 2.24) is 5.32 Å². The van der Waals surface area contributed by atoms with Gasteiger partial charge in [-0.3, -0.25) is 9.59 Å². The molecule has 0 aliphatic heterocycles. The molecule has 112 valence electrons. The predicted octanol–water partition coefficient (Wildman–Crippen LogP) is 4.07. The van der Waals surface area contributed by atoms with Gasteiger partial charge in [-0.05, 0) is 28.5 Å². The van der Waals surface area contributed by atoms with Crippen LogP contribution in [0, 0.1) is 5.41 Å². The Labute approximate surface area is 133 Å². The van der Waals surface area contributed by atoms with Crippen LogP contribution in [0.1, 0.15) is 36.7 Å². The van der Waals surface area contributed by atoms with Gasteiger partial charge in [-0.15, -0.1) is 11.3 Å². The Hall–Kier alpha value is -1.39. The summed E-state index contributed by atoms with van der Waals surface area (Å²) in [5.41, 5.74) is 1.36. The van der Waals surface area contributed by atoms with Crippen LogP contribution >= 0.6 is 22.9 Å². The lowest BCUT2D eigenvalue weighted by Gasteiger charge is -2.18. The number of thiophene rings is 1. The average Bonchev–Trinajstić information content (AvgIpc) is 2.79. The molecule has 21 heavy (non-hydrogen) atoms. The van der Waals surface area contributed by atoms with Gasteiger partial charge in [0.05, 0.1) is 11.4 Å². The molecule has 1 heterocycles. The number of carbonyl (C=O) groups is 2. The first-order chi connectivity index (χ1) is 9.81. The summed E-state index contributed by atoms with van der Waals surface area (Å²) >= 11 is 7.58. The first-order valence-corrected chi connectivity index (χ1v) is 7.98. The summed E-state index contributed by atoms with van der Waals surface area (Å²) in [5.74, 6) is -0.0403. The number of aldehydes is 1. The molecule has 0 fully saturated rings. The van der Waals surface area contributed by atoms with Crippen LogP contribution in [0.25, 0.3) is 10.1 Å². The summed E-state index contributed by atoms with van der Waals surface area (Å²) in [7, 11) is 0. The Bertz CT molecular complexity index is 685. The maximum absolute atomic E-state index is 12.1. The number of hydrogen-bond acceptors (Lipinski definition) is 3. The van der Waals surface area contributed by atoms with Crippen molar-refractivity contribution < 1.29 is 9.59 Å². The number of benzene rings is 1. The molecule has 2 aromatic rings. The van der Waals surface area contributed by atoms with Crippen molar-refractivity contribution in [1.29, 1.82) is 0 Å². The topological polar surface area (TPSA) is 46.2 Å². The summed E-state index contributed by atoms with van der Waals surface area (Å²) in [6.45, 7) is 6.82. The highest BCUT2D eigenvalue weighted by molar-refractivity contribution is 7.17. The molecule has 0 unspecified atom stereocenters. The molecule has 0 atom stereocenters. The van der Waals surface area contributed by atoms with E-state index in [-0.39, 0.29) is 17.7 Å². The summed E-state index contributed by atoms with van der Waals surface area (Å²) in [6.07, 6.45) is 1.02. The summed E-state index contributed by atoms with van der Waals surface area (Å²) < 4.78 is 0.972. The van der Waals surface area contributed by atoms with Crippen LogP contribution in [0.15, 0.2) is 17.5 Å². The standard InChI is InChI=1S/C16H18ClNO2S/c1-16(2,3)9-18-14(20)6-10-8-21-13-5-4-12(17)11(7-19)15(10)13/h4-5,7-8H,6,9H2,1-3H3,(H,18,20). The van der Waals surface area contributed by atoms with Crippen molar-refractivity contribution >= 4 is 45.2 Å². The van der Waals surface area contributed by atoms with E-state index in [1.54, 1.807) is 6.07 Å². The molecule has 1 N–H and O–H groups in total. The van der Waals surface area contributed by atoms with E-state index in [0.29, 0.717) is 17.1 Å². The highest BCUT2D eigenvalue weighted by atomic mass is 35.5. The lowest BCUT2D eigenvalue weighted by molar-refractivity contribution is -0.120. The minimum Gasteiger partial charge on any atom is -0.355 e. The van der Waals surface area contributed by atoms with Crippen LogP contribution in [0.5, 0.6) is 0 Å². The molecule has 1 aromatic carbocycles. The summed E-state index contributed by atoms with van der Waals surface area (Å²) in [4.78, 5) is 23.3. The van der Waals surface area contributed by atoms with E-state index in [1.807, 2.05) is 11.4 Å². The van der Waals surface area contributed by atoms with Crippen molar-refractivity contribution in [2.45, 2.75) is 27.2 Å². The molecular weight excluding hydrogens is 306 g/mol. The fourth-order valence-electron chi connectivity index (χ4n) is 2.04. The SMILES string of the molecule is CC(C)(C)CNC(=O)Cc1csc2ccc(Cl)c(C=O)c12. The van der Waals surface area contributed by atoms with Gasteiger partial charge in [-0.2, -0.15) is 0 Å². The predicted molar refractivity (Wildman–Crippen MR) is 88.4 cm³/mol. The minimum atomic E-state index is -0.0403. The van der Waals surface area contributed by atoms with Gasteiger partial charge in [0.15, 0.2) is 6.29 Å². The van der Waals surface area contributed by atoms with Gasteiger partial charge in [-0.25, -0.2) is 0 Å². The lowest BCUT2D eigenvalue weighted by Crippen LogP contribution is -2.33. The summed E-state index contributed by atoms with van der Waals surface area (Å²) in [5, 5.41) is 6.07. The van der Waals surface area contributed by atoms with Gasteiger partial charge in [0.2, 0.25) is 5.91 Å². The highest BCUT2D eigenvalue weighted by Gasteiger charge is 2.16. The number of rotatable bonds is 4. The maximum Gasteiger partial charge on any atom is 0.224 e. The highest BCUT2D eigenvalue weighted by Crippen LogP contribution is 2.32. The summed E-state index contributed by atoms with van der Waals surface area (Å²) in [6, 6.07) is 3.60. The van der Waals surface area contributed by atoms with Crippen LogP contribution in [-0.4, -0.2) is 18.7 Å². The zero-order chi connectivity index (χ0) is 15.6. The third kappa shape index (κ3) is 3.83. The Morgan fingerprint density at radius 1 is 1.38 bits per heavy atom. The molecule has 3 nitrogen and oxygen atoms in total. The third-order valence-electron chi connectivity index (χ3n) is 3.09. The fourth-order valence-corrected chi connectivity index (χ4v) is 3.22. The number of carbonyl (C=O) groups excluding carboxylic acids is 2. The molecular formula is C16H18ClNO2S. The van der Waals surface area contributed by atoms with E-state index in [9.17, 15) is 9.59 Å². The van der Waals surface area contributed by atoms with E-state index in [1.165, 1.54) is 11.3 Å². The largest absolute Gasteiger partial charge is 0.355 e. The normalized spacial score (nSPS) is 11.6. The lowest BCUT2D eigenvalue weighted by atomic mass is 9.97. The maximum atomic E-state index is 12.1. The Morgan fingerprint density at radius 3 is 2.71 bits per heavy atom. The van der Waals surface area contributed by atoms with Crippen LogP contribution in [-0.2, 0) is 11.2 Å². The van der Waals surface area contributed by atoms with Crippen LogP contribution in [0.3, 0.4) is 0 Å². The van der Waals surface area contributed by atoms with Gasteiger partial charge >= 0.3 is 0 Å². The third-order valence-corrected chi connectivity index (χ3v) is 4.41. The molecule has 5 heteroatoms. The molecule has 0 saturated heterocycles. The second-order valence-corrected chi connectivity index (χ2v) is 7.55. The van der Waals surface area contributed by atoms with E-state index in [4.69, 9.17) is 11.6 Å². The average molecular weight is 324 g/mol. The van der Waals surface area contributed by atoms with Crippen molar-refractivity contribution in [3.8, 4) is 0 Å². The van der Waals surface area contributed by atoms with Gasteiger partial charge in [0.1, 0.15) is 0 Å². The first kappa shape index (κ1) is 16.0. The Kier molecular flexibility index (Phi) is 4.69. The van der Waals surface area contributed by atoms with Crippen molar-refractivity contribution in [2.75, 3.05) is 6.54 Å². The zero-order valence-corrected chi connectivity index (χ0v) is 13.9. The van der Waals surface area contributed by atoms with Crippen molar-refractivity contribution in [3.63, 3.8) is 0 Å². The Morgan fingerprint density at radius 2 is 2.10 bits per heavy atom. The van der Waals surface area contributed by atoms with Gasteiger partial charge in [0, 0.05) is 22.2 Å². The van der Waals surface area contributed by atoms with Crippen molar-refractivity contribution in [2.24, 2.45) is 5.41 Å². The Balaban J connectivity index is 2.25. The molecule has 0 aliphatic rings. The first-order valence-electron chi connectivity index (χ1n) is 6.72. The molecule has 0 saturated carbocycles. The molecule has 0 spiro atoms. The number of nitrogens with one attached hydrogen (secondary N) is 1. The van der Waals surface area contributed by atoms with Crippen molar-refractivity contribution in [3.05, 3.63) is 33.7 Å². The van der Waals surface area contributed by atoms with Gasteiger partial charge < -0.3 is 5.32 Å². The van der Waals surface area contributed by atoms with E-state index < -0.39 is 0 Å². The molecule has 2 rings (SSSR count). The number of fused-ring (bicyclic) bond motifs is 1. The minimum absolute atomic E-state index is 0.0403. The van der Waals surface area contributed by atoms with E-state index >= 15 is 0 Å². The van der Waals surface area contributed by atoms with E-state index in [2.05, 4.69) is 26.1 Å². The molecule has 1 amide bonds. The molecule has 0 radical (unpaired) electrons. The second-order valence-electron chi connectivity index (χ2n) is 6.23. The molecule has 1 aromatic heterocycles. The number of amides is 1. The van der Waals surface area contributed by atoms with Crippen LogP contribution in [0.4, 0.5) is 0 Å². The molecule has 0 aliphatic carbocycles. The fraction of sp³-hybridized carbons (Fsp3) is 0.375. The van der Waals surface area contributed by atoms with Crippen LogP contribution < -0.4 is 5.32 Å². The smallest absolute Gasteiger partial charge is 0.224 e. The second kappa shape index (κ2) is 6.16. The number of hydrogen-bond donors (Lipinski definition) is 1. The zero-order valence-electron chi connectivity index (χ0n) is 12.3. The monoisotopic (exact) mass is 323 g/mol. The quantitative estimate of drug-likeness (QED) is 0.862. The van der Waals surface area contributed by atoms with Crippen LogP contribution in [0.2, 0.25) is 5.02 Å². The van der Waals surface area contributed by atoms with E-state index in [0.717, 1.165) is 21.9 Å². The van der Waals surface area contributed by atoms with Gasteiger partial charge in [0.25, 0.3) is 0 Å². The number of halogens is 1.